The number of benzene rings is 1. The van der Waals surface area contributed by atoms with Crippen LogP contribution < -0.4 is 5.32 Å². The molecule has 2 atom stereocenters. The summed E-state index contributed by atoms with van der Waals surface area (Å²) in [6, 6.07) is 10.3. The molecule has 2 nitrogen and oxygen atoms in total. The molecule has 1 aromatic carbocycles. The van der Waals surface area contributed by atoms with Crippen molar-refractivity contribution in [3.05, 3.63) is 29.8 Å². The van der Waals surface area contributed by atoms with Gasteiger partial charge in [0.2, 0.25) is 0 Å². The number of nitrogens with zero attached hydrogens (tertiary/aromatic N) is 1. The van der Waals surface area contributed by atoms with Gasteiger partial charge in [-0.2, -0.15) is 0 Å². The molecule has 104 valence electrons. The van der Waals surface area contributed by atoms with E-state index in [1.54, 1.807) is 0 Å². The average molecular weight is 258 g/mol. The molecule has 0 bridgehead atoms. The molecule has 2 unspecified atom stereocenters. The third-order valence-electron chi connectivity index (χ3n) is 4.76. The smallest absolute Gasteiger partial charge is 0.0373 e. The van der Waals surface area contributed by atoms with Gasteiger partial charge < -0.3 is 5.32 Å². The van der Waals surface area contributed by atoms with E-state index < -0.39 is 0 Å². The summed E-state index contributed by atoms with van der Waals surface area (Å²) in [6.07, 6.45) is 8.14. The third-order valence-corrected chi connectivity index (χ3v) is 4.76. The quantitative estimate of drug-likeness (QED) is 0.889. The van der Waals surface area contributed by atoms with Crippen molar-refractivity contribution in [2.24, 2.45) is 0 Å². The summed E-state index contributed by atoms with van der Waals surface area (Å²) in [4.78, 5) is 2.80. The van der Waals surface area contributed by atoms with E-state index in [-0.39, 0.29) is 0 Å². The Hall–Kier alpha value is -1.02. The molecule has 1 N–H and O–H groups in total. The molecule has 0 amide bonds. The molecule has 2 aliphatic heterocycles. The fourth-order valence-corrected chi connectivity index (χ4v) is 3.81. The Morgan fingerprint density at radius 1 is 1.26 bits per heavy atom. The second-order valence-corrected chi connectivity index (χ2v) is 6.07. The summed E-state index contributed by atoms with van der Waals surface area (Å²) >= 11 is 0. The molecule has 2 aliphatic rings. The lowest BCUT2D eigenvalue weighted by atomic mass is 9.92. The molecule has 1 saturated heterocycles. The molecule has 3 rings (SSSR count). The molecule has 2 heterocycles. The molecule has 0 radical (unpaired) electrons. The summed E-state index contributed by atoms with van der Waals surface area (Å²) in [7, 11) is 0. The van der Waals surface area contributed by atoms with Crippen LogP contribution in [0.3, 0.4) is 0 Å². The van der Waals surface area contributed by atoms with Crippen molar-refractivity contribution < 1.29 is 0 Å². The Kier molecular flexibility index (Phi) is 4.07. The largest absolute Gasteiger partial charge is 0.383 e. The van der Waals surface area contributed by atoms with Gasteiger partial charge in [0.05, 0.1) is 0 Å². The number of piperidine rings is 1. The zero-order chi connectivity index (χ0) is 13.1. The highest BCUT2D eigenvalue weighted by atomic mass is 15.2. The minimum atomic E-state index is 0.701. The molecular formula is C17H26N2. The van der Waals surface area contributed by atoms with Crippen molar-refractivity contribution in [3.63, 3.8) is 0 Å². The van der Waals surface area contributed by atoms with Gasteiger partial charge in [-0.1, -0.05) is 38.0 Å². The highest BCUT2D eigenvalue weighted by Gasteiger charge is 2.30. The number of fused-ring (bicyclic) bond motifs is 1. The van der Waals surface area contributed by atoms with E-state index >= 15 is 0 Å². The Morgan fingerprint density at radius 3 is 3.05 bits per heavy atom. The molecule has 2 heteroatoms. The highest BCUT2D eigenvalue weighted by Crippen LogP contribution is 2.29. The maximum Gasteiger partial charge on any atom is 0.0373 e. The lowest BCUT2D eigenvalue weighted by Crippen LogP contribution is -2.51. The van der Waals surface area contributed by atoms with Crippen molar-refractivity contribution in [1.29, 1.82) is 0 Å². The Morgan fingerprint density at radius 2 is 2.16 bits per heavy atom. The summed E-state index contributed by atoms with van der Waals surface area (Å²) in [5.74, 6) is 0. The SMILES string of the molecule is CCCC1CCCCN1C1CNc2ccccc2C1. The molecule has 0 aromatic heterocycles. The lowest BCUT2D eigenvalue weighted by Gasteiger charge is -2.43. The maximum absolute atomic E-state index is 3.63. The van der Waals surface area contributed by atoms with Crippen LogP contribution in [0.25, 0.3) is 0 Å². The first-order valence-electron chi connectivity index (χ1n) is 7.96. The number of nitrogens with one attached hydrogen (secondary N) is 1. The van der Waals surface area contributed by atoms with Crippen molar-refractivity contribution in [1.82, 2.24) is 4.90 Å². The normalized spacial score (nSPS) is 27.6. The Bertz CT molecular complexity index is 413. The maximum atomic E-state index is 3.63. The first kappa shape index (κ1) is 13.0. The van der Waals surface area contributed by atoms with Gasteiger partial charge in [0.15, 0.2) is 0 Å². The van der Waals surface area contributed by atoms with E-state index in [1.807, 2.05) is 0 Å². The lowest BCUT2D eigenvalue weighted by molar-refractivity contribution is 0.0919. The summed E-state index contributed by atoms with van der Waals surface area (Å²) in [5, 5.41) is 3.63. The molecule has 1 fully saturated rings. The van der Waals surface area contributed by atoms with E-state index in [9.17, 15) is 0 Å². The van der Waals surface area contributed by atoms with E-state index in [0.29, 0.717) is 6.04 Å². The zero-order valence-electron chi connectivity index (χ0n) is 12.1. The number of anilines is 1. The average Bonchev–Trinajstić information content (AvgIpc) is 2.48. The fourth-order valence-electron chi connectivity index (χ4n) is 3.81. The van der Waals surface area contributed by atoms with Crippen molar-refractivity contribution in [2.75, 3.05) is 18.4 Å². The van der Waals surface area contributed by atoms with Crippen LogP contribution in [0.4, 0.5) is 5.69 Å². The Labute approximate surface area is 117 Å². The Balaban J connectivity index is 1.72. The van der Waals surface area contributed by atoms with Crippen LogP contribution in [-0.2, 0) is 6.42 Å². The monoisotopic (exact) mass is 258 g/mol. The van der Waals surface area contributed by atoms with Crippen LogP contribution in [0.15, 0.2) is 24.3 Å². The molecule has 0 spiro atoms. The highest BCUT2D eigenvalue weighted by molar-refractivity contribution is 5.53. The minimum Gasteiger partial charge on any atom is -0.383 e. The zero-order valence-corrected chi connectivity index (χ0v) is 12.1. The van der Waals surface area contributed by atoms with Crippen LogP contribution in [0.2, 0.25) is 0 Å². The van der Waals surface area contributed by atoms with Crippen LogP contribution in [0, 0.1) is 0 Å². The summed E-state index contributed by atoms with van der Waals surface area (Å²) < 4.78 is 0. The van der Waals surface area contributed by atoms with Gasteiger partial charge in [0.25, 0.3) is 0 Å². The van der Waals surface area contributed by atoms with Crippen molar-refractivity contribution in [2.45, 2.75) is 57.5 Å². The molecule has 0 aliphatic carbocycles. The molecular weight excluding hydrogens is 232 g/mol. The van der Waals surface area contributed by atoms with E-state index in [2.05, 4.69) is 41.4 Å². The third kappa shape index (κ3) is 2.79. The van der Waals surface area contributed by atoms with Gasteiger partial charge in [-0.15, -0.1) is 0 Å². The second kappa shape index (κ2) is 5.96. The van der Waals surface area contributed by atoms with E-state index in [1.165, 1.54) is 56.3 Å². The number of para-hydroxylation sites is 1. The van der Waals surface area contributed by atoms with Crippen molar-refractivity contribution >= 4 is 5.69 Å². The number of likely N-dealkylation sites (tertiary alicyclic amines) is 1. The van der Waals surface area contributed by atoms with Gasteiger partial charge >= 0.3 is 0 Å². The molecule has 0 saturated carbocycles. The predicted octanol–water partition coefficient (Wildman–Crippen LogP) is 3.68. The fraction of sp³-hybridized carbons (Fsp3) is 0.647. The number of rotatable bonds is 3. The van der Waals surface area contributed by atoms with Crippen molar-refractivity contribution in [3.8, 4) is 0 Å². The predicted molar refractivity (Wildman–Crippen MR) is 81.7 cm³/mol. The van der Waals surface area contributed by atoms with Crippen LogP contribution in [0.5, 0.6) is 0 Å². The van der Waals surface area contributed by atoms with Gasteiger partial charge in [-0.25, -0.2) is 0 Å². The number of hydrogen-bond donors (Lipinski definition) is 1. The van der Waals surface area contributed by atoms with Crippen LogP contribution in [0.1, 0.15) is 44.6 Å². The topological polar surface area (TPSA) is 15.3 Å². The van der Waals surface area contributed by atoms with Gasteiger partial charge in [-0.05, 0) is 43.9 Å². The van der Waals surface area contributed by atoms with Crippen LogP contribution >= 0.6 is 0 Å². The van der Waals surface area contributed by atoms with E-state index in [0.717, 1.165) is 12.6 Å². The van der Waals surface area contributed by atoms with Gasteiger partial charge in [-0.3, -0.25) is 4.90 Å². The molecule has 1 aromatic rings. The molecule has 19 heavy (non-hydrogen) atoms. The second-order valence-electron chi connectivity index (χ2n) is 6.07. The summed E-state index contributed by atoms with van der Waals surface area (Å²) in [5.41, 5.74) is 2.85. The summed E-state index contributed by atoms with van der Waals surface area (Å²) in [6.45, 7) is 4.75. The minimum absolute atomic E-state index is 0.701. The van der Waals surface area contributed by atoms with Gasteiger partial charge in [0.1, 0.15) is 0 Å². The van der Waals surface area contributed by atoms with Gasteiger partial charge in [0, 0.05) is 24.3 Å². The van der Waals surface area contributed by atoms with E-state index in [4.69, 9.17) is 0 Å². The van der Waals surface area contributed by atoms with Crippen LogP contribution in [-0.4, -0.2) is 30.1 Å². The first-order chi connectivity index (χ1) is 9.38. The number of hydrogen-bond acceptors (Lipinski definition) is 2. The first-order valence-corrected chi connectivity index (χ1v) is 7.96. The standard InChI is InChI=1S/C17H26N2/c1-2-7-15-9-5-6-11-19(15)16-12-14-8-3-4-10-17(14)18-13-16/h3-4,8,10,15-16,18H,2,5-7,9,11-13H2,1H3.